The summed E-state index contributed by atoms with van der Waals surface area (Å²) in [5.41, 5.74) is -1.33. The van der Waals surface area contributed by atoms with E-state index in [0.29, 0.717) is 0 Å². The first-order valence-corrected chi connectivity index (χ1v) is 6.83. The summed E-state index contributed by atoms with van der Waals surface area (Å²) in [4.78, 5) is 53.8. The van der Waals surface area contributed by atoms with Gasteiger partial charge >= 0.3 is 23.9 Å². The molecule has 0 atom stereocenters. The Balaban J connectivity index is 1.91. The molecule has 0 saturated heterocycles. The van der Waals surface area contributed by atoms with E-state index in [1.807, 2.05) is 0 Å². The van der Waals surface area contributed by atoms with Gasteiger partial charge in [0.15, 0.2) is 0 Å². The van der Waals surface area contributed by atoms with Crippen molar-refractivity contribution >= 4 is 23.9 Å². The lowest BCUT2D eigenvalue weighted by Crippen LogP contribution is -2.15. The van der Waals surface area contributed by atoms with E-state index >= 15 is 0 Å². The summed E-state index contributed by atoms with van der Waals surface area (Å²) in [6.45, 7) is 0. The summed E-state index contributed by atoms with van der Waals surface area (Å²) >= 11 is 0. The molecular formula is C16H10O10. The highest BCUT2D eigenvalue weighted by Gasteiger charge is 2.20. The van der Waals surface area contributed by atoms with Crippen molar-refractivity contribution in [2.24, 2.45) is 0 Å². The standard InChI is InChI=1S/C16H10O10/c17-13(18)9-5-1-3-7-11(9)15(21)23-25-26-24-16(22)12-8-4-2-6-10(12)14(19)20/h1-8H,(H,17,18)(H,19,20). The van der Waals surface area contributed by atoms with Crippen molar-refractivity contribution in [3.05, 3.63) is 70.8 Å². The minimum atomic E-state index is -1.37. The number of carboxylic acid groups (broad SMARTS) is 2. The molecule has 10 nitrogen and oxygen atoms in total. The first-order chi connectivity index (χ1) is 12.4. The maximum absolute atomic E-state index is 11.7. The van der Waals surface area contributed by atoms with E-state index < -0.39 is 23.9 Å². The molecule has 0 radical (unpaired) electrons. The average Bonchev–Trinajstić information content (AvgIpc) is 2.64. The van der Waals surface area contributed by atoms with Crippen molar-refractivity contribution in [2.75, 3.05) is 0 Å². The highest BCUT2D eigenvalue weighted by Crippen LogP contribution is 2.12. The van der Waals surface area contributed by atoms with E-state index in [-0.39, 0.29) is 22.3 Å². The number of hydrogen-bond donors (Lipinski definition) is 2. The molecule has 0 bridgehead atoms. The Morgan fingerprint density at radius 3 is 1.19 bits per heavy atom. The minimum absolute atomic E-state index is 0.328. The summed E-state index contributed by atoms with van der Waals surface area (Å²) in [6, 6.07) is 10.3. The number of rotatable bonds is 7. The Labute approximate surface area is 144 Å². The number of hydrogen-bond acceptors (Lipinski definition) is 8. The lowest BCUT2D eigenvalue weighted by atomic mass is 10.1. The Kier molecular flexibility index (Phi) is 5.98. The van der Waals surface area contributed by atoms with E-state index in [1.165, 1.54) is 48.5 Å². The van der Waals surface area contributed by atoms with Crippen LogP contribution in [0, 0.1) is 0 Å². The van der Waals surface area contributed by atoms with Gasteiger partial charge in [0.25, 0.3) is 0 Å². The largest absolute Gasteiger partial charge is 0.478 e. The molecule has 26 heavy (non-hydrogen) atoms. The second kappa shape index (κ2) is 8.37. The van der Waals surface area contributed by atoms with Gasteiger partial charge in [-0.1, -0.05) is 24.3 Å². The molecule has 0 aliphatic rings. The van der Waals surface area contributed by atoms with E-state index in [9.17, 15) is 19.2 Å². The molecule has 0 aliphatic heterocycles. The van der Waals surface area contributed by atoms with E-state index in [1.54, 1.807) is 0 Å². The molecule has 0 heterocycles. The lowest BCUT2D eigenvalue weighted by Gasteiger charge is -2.05. The number of benzene rings is 2. The first-order valence-electron chi connectivity index (χ1n) is 6.83. The molecular weight excluding hydrogens is 352 g/mol. The predicted molar refractivity (Wildman–Crippen MR) is 79.8 cm³/mol. The molecule has 0 amide bonds. The first kappa shape index (κ1) is 18.6. The molecule has 10 heteroatoms. The summed E-state index contributed by atoms with van der Waals surface area (Å²) in [5, 5.41) is 25.8. The van der Waals surface area contributed by atoms with Crippen molar-refractivity contribution < 1.29 is 49.2 Å². The number of carboxylic acids is 2. The molecule has 2 aromatic carbocycles. The molecule has 134 valence electrons. The van der Waals surface area contributed by atoms with Gasteiger partial charge in [-0.05, 0) is 24.3 Å². The van der Waals surface area contributed by atoms with E-state index in [2.05, 4.69) is 19.9 Å². The summed E-state index contributed by atoms with van der Waals surface area (Å²) in [6.07, 6.45) is 0. The predicted octanol–water partition coefficient (Wildman–Crippen LogP) is 1.88. The Morgan fingerprint density at radius 2 is 0.885 bits per heavy atom. The fourth-order valence-corrected chi connectivity index (χ4v) is 1.87. The topological polar surface area (TPSA) is 146 Å². The fraction of sp³-hybridized carbons (Fsp3) is 0. The van der Waals surface area contributed by atoms with Gasteiger partial charge in [0.2, 0.25) is 0 Å². The van der Waals surface area contributed by atoms with Crippen molar-refractivity contribution in [3.63, 3.8) is 0 Å². The molecule has 0 aliphatic carbocycles. The lowest BCUT2D eigenvalue weighted by molar-refractivity contribution is -0.595. The second-order valence-electron chi connectivity index (χ2n) is 4.58. The normalized spacial score (nSPS) is 10.0. The average molecular weight is 362 g/mol. The Bertz CT molecular complexity index is 786. The van der Waals surface area contributed by atoms with Crippen LogP contribution < -0.4 is 0 Å². The molecule has 0 unspecified atom stereocenters. The minimum Gasteiger partial charge on any atom is -0.478 e. The molecule has 0 saturated carbocycles. The molecule has 0 fully saturated rings. The molecule has 0 aromatic heterocycles. The van der Waals surface area contributed by atoms with Crippen molar-refractivity contribution in [2.45, 2.75) is 0 Å². The summed E-state index contributed by atoms with van der Waals surface area (Å²) in [7, 11) is 0. The number of carbonyl (C=O) groups excluding carboxylic acids is 2. The van der Waals surface area contributed by atoms with Gasteiger partial charge in [0, 0.05) is 10.1 Å². The van der Waals surface area contributed by atoms with E-state index in [4.69, 9.17) is 10.2 Å². The van der Waals surface area contributed by atoms with Crippen LogP contribution in [0.4, 0.5) is 0 Å². The summed E-state index contributed by atoms with van der Waals surface area (Å²) < 4.78 is 0. The van der Waals surface area contributed by atoms with Gasteiger partial charge < -0.3 is 10.2 Å². The van der Waals surface area contributed by atoms with Crippen LogP contribution >= 0.6 is 0 Å². The van der Waals surface area contributed by atoms with Crippen LogP contribution in [-0.2, 0) is 19.9 Å². The summed E-state index contributed by atoms with van der Waals surface area (Å²) in [5.74, 6) is -5.17. The van der Waals surface area contributed by atoms with Gasteiger partial charge in [-0.3, -0.25) is 9.78 Å². The molecule has 2 N–H and O–H groups in total. The quantitative estimate of drug-likeness (QED) is 0.425. The SMILES string of the molecule is O=C(O)c1ccccc1C(=O)OOOOC(=O)c1ccccc1C(=O)O. The highest BCUT2D eigenvalue weighted by molar-refractivity contribution is 6.02. The zero-order valence-electron chi connectivity index (χ0n) is 12.8. The zero-order valence-corrected chi connectivity index (χ0v) is 12.8. The number of carbonyl (C=O) groups is 4. The monoisotopic (exact) mass is 362 g/mol. The van der Waals surface area contributed by atoms with Crippen LogP contribution in [0.2, 0.25) is 0 Å². The van der Waals surface area contributed by atoms with Crippen LogP contribution in [0.5, 0.6) is 0 Å². The third kappa shape index (κ3) is 4.41. The number of aromatic carboxylic acids is 2. The van der Waals surface area contributed by atoms with Gasteiger partial charge in [-0.15, -0.1) is 0 Å². The maximum atomic E-state index is 11.7. The molecule has 2 aromatic rings. The van der Waals surface area contributed by atoms with Crippen LogP contribution in [0.15, 0.2) is 48.5 Å². The van der Waals surface area contributed by atoms with Crippen molar-refractivity contribution in [1.29, 1.82) is 0 Å². The van der Waals surface area contributed by atoms with Gasteiger partial charge in [-0.2, -0.15) is 0 Å². The Morgan fingerprint density at radius 1 is 0.577 bits per heavy atom. The Hall–Kier alpha value is -3.76. The van der Waals surface area contributed by atoms with Gasteiger partial charge in [-0.25, -0.2) is 19.2 Å². The third-order valence-electron chi connectivity index (χ3n) is 3.00. The van der Waals surface area contributed by atoms with Crippen LogP contribution in [0.3, 0.4) is 0 Å². The highest BCUT2D eigenvalue weighted by atomic mass is 17.7. The van der Waals surface area contributed by atoms with Crippen molar-refractivity contribution in [3.8, 4) is 0 Å². The maximum Gasteiger partial charge on any atom is 0.377 e. The van der Waals surface area contributed by atoms with Crippen LogP contribution in [0.25, 0.3) is 0 Å². The molecule has 0 spiro atoms. The van der Waals surface area contributed by atoms with E-state index in [0.717, 1.165) is 0 Å². The van der Waals surface area contributed by atoms with Gasteiger partial charge in [0.05, 0.1) is 22.3 Å². The molecule has 2 rings (SSSR count). The second-order valence-corrected chi connectivity index (χ2v) is 4.58. The van der Waals surface area contributed by atoms with Gasteiger partial charge in [0.1, 0.15) is 0 Å². The zero-order chi connectivity index (χ0) is 19.1. The fourth-order valence-electron chi connectivity index (χ4n) is 1.87. The smallest absolute Gasteiger partial charge is 0.377 e. The van der Waals surface area contributed by atoms with Crippen molar-refractivity contribution in [1.82, 2.24) is 0 Å². The third-order valence-corrected chi connectivity index (χ3v) is 3.00. The van der Waals surface area contributed by atoms with Crippen LogP contribution in [-0.4, -0.2) is 34.1 Å². The van der Waals surface area contributed by atoms with Crippen LogP contribution in [0.1, 0.15) is 41.4 Å².